The molecule has 56 valence electrons. The van der Waals surface area contributed by atoms with Crippen LogP contribution in [-0.2, 0) is 0 Å². The number of H-pyrrole nitrogens is 1. The number of nitrogens with zero attached hydrogens (tertiary/aromatic N) is 3. The van der Waals surface area contributed by atoms with Gasteiger partial charge in [-0.1, -0.05) is 0 Å². The van der Waals surface area contributed by atoms with Crippen molar-refractivity contribution in [3.05, 3.63) is 22.5 Å². The van der Waals surface area contributed by atoms with Crippen LogP contribution in [0.15, 0.2) is 16.9 Å². The van der Waals surface area contributed by atoms with Crippen LogP contribution < -0.4 is 11.3 Å². The van der Waals surface area contributed by atoms with E-state index < -0.39 is 0 Å². The van der Waals surface area contributed by atoms with Crippen molar-refractivity contribution in [3.63, 3.8) is 0 Å². The van der Waals surface area contributed by atoms with Gasteiger partial charge in [-0.25, -0.2) is 0 Å². The van der Waals surface area contributed by atoms with Crippen molar-refractivity contribution >= 4 is 11.6 Å². The molecule has 0 saturated carbocycles. The Morgan fingerprint density at radius 1 is 1.45 bits per heavy atom. The zero-order chi connectivity index (χ0) is 7.84. The van der Waals surface area contributed by atoms with Crippen LogP contribution in [0.25, 0.3) is 5.65 Å². The molecule has 2 aromatic rings. The predicted octanol–water partition coefficient (Wildman–Crippen LogP) is -1.00. The number of anilines is 1. The Morgan fingerprint density at radius 2 is 2.27 bits per heavy atom. The fourth-order valence-corrected chi connectivity index (χ4v) is 0.829. The maximum absolute atomic E-state index is 10.7. The van der Waals surface area contributed by atoms with E-state index in [-0.39, 0.29) is 11.5 Å². The van der Waals surface area contributed by atoms with E-state index in [1.54, 1.807) is 6.07 Å². The Morgan fingerprint density at radius 3 is 3.09 bits per heavy atom. The Balaban J connectivity index is 2.98. The van der Waals surface area contributed by atoms with Gasteiger partial charge in [0.25, 0.3) is 5.56 Å². The van der Waals surface area contributed by atoms with Gasteiger partial charge in [-0.3, -0.25) is 9.89 Å². The lowest BCUT2D eigenvalue weighted by Gasteiger charge is -1.90. The average molecular weight is 151 g/mol. The molecule has 0 aromatic carbocycles. The Labute approximate surface area is 60.6 Å². The van der Waals surface area contributed by atoms with Gasteiger partial charge in [0, 0.05) is 6.07 Å². The number of hydrogen-bond donors (Lipinski definition) is 2. The van der Waals surface area contributed by atoms with Crippen LogP contribution in [0.2, 0.25) is 0 Å². The van der Waals surface area contributed by atoms with E-state index in [1.807, 2.05) is 0 Å². The van der Waals surface area contributed by atoms with E-state index in [4.69, 9.17) is 5.73 Å². The minimum Gasteiger partial charge on any atom is -0.366 e. The number of rotatable bonds is 0. The van der Waals surface area contributed by atoms with Gasteiger partial charge in [0.1, 0.15) is 0 Å². The van der Waals surface area contributed by atoms with Gasteiger partial charge in [0.05, 0.1) is 0 Å². The quantitative estimate of drug-likeness (QED) is 0.505. The number of nitrogens with one attached hydrogen (secondary N) is 1. The van der Waals surface area contributed by atoms with Crippen LogP contribution in [0.3, 0.4) is 0 Å². The van der Waals surface area contributed by atoms with Gasteiger partial charge in [-0.15, -0.1) is 10.2 Å². The molecule has 0 unspecified atom stereocenters. The van der Waals surface area contributed by atoms with Gasteiger partial charge in [-0.2, -0.15) is 4.52 Å². The van der Waals surface area contributed by atoms with Crippen LogP contribution in [0.4, 0.5) is 5.95 Å². The molecule has 0 aliphatic carbocycles. The van der Waals surface area contributed by atoms with E-state index in [9.17, 15) is 4.79 Å². The van der Waals surface area contributed by atoms with Crippen molar-refractivity contribution < 1.29 is 0 Å². The number of hydrogen-bond acceptors (Lipinski definition) is 4. The first-order chi connectivity index (χ1) is 5.27. The maximum Gasteiger partial charge on any atom is 0.263 e. The molecule has 0 aliphatic rings. The highest BCUT2D eigenvalue weighted by Crippen LogP contribution is 1.97. The molecular formula is C5H5N5O. The lowest BCUT2D eigenvalue weighted by molar-refractivity contribution is 0.909. The average Bonchev–Trinajstić information content (AvgIpc) is 2.33. The summed E-state index contributed by atoms with van der Waals surface area (Å²) in [5.74, 6) is 0.178. The smallest absolute Gasteiger partial charge is 0.263 e. The summed E-state index contributed by atoms with van der Waals surface area (Å²) in [6.07, 6.45) is 0. The Kier molecular flexibility index (Phi) is 0.974. The first-order valence-electron chi connectivity index (χ1n) is 2.97. The van der Waals surface area contributed by atoms with Gasteiger partial charge in [0.2, 0.25) is 5.95 Å². The Bertz CT molecular complexity index is 441. The molecule has 0 aliphatic heterocycles. The molecular weight excluding hydrogens is 146 g/mol. The van der Waals surface area contributed by atoms with Gasteiger partial charge in [0.15, 0.2) is 5.65 Å². The molecule has 3 N–H and O–H groups in total. The highest BCUT2D eigenvalue weighted by molar-refractivity contribution is 5.39. The van der Waals surface area contributed by atoms with Crippen LogP contribution in [-0.4, -0.2) is 19.8 Å². The minimum atomic E-state index is -0.232. The van der Waals surface area contributed by atoms with Crippen molar-refractivity contribution in [3.8, 4) is 0 Å². The van der Waals surface area contributed by atoms with Gasteiger partial charge >= 0.3 is 0 Å². The van der Waals surface area contributed by atoms with Crippen LogP contribution in [0.5, 0.6) is 0 Å². The monoisotopic (exact) mass is 151 g/mol. The van der Waals surface area contributed by atoms with Crippen molar-refractivity contribution in [2.75, 3.05) is 5.73 Å². The van der Waals surface area contributed by atoms with E-state index >= 15 is 0 Å². The standard InChI is InChI=1S/C5H5N5O/c6-5-8-7-3-1-2-4(11)9-10(3)5/h1-2H,(H2,6,8)(H,9,11). The zero-order valence-corrected chi connectivity index (χ0v) is 5.48. The van der Waals surface area contributed by atoms with Crippen molar-refractivity contribution in [2.45, 2.75) is 0 Å². The minimum absolute atomic E-state index is 0.178. The largest absolute Gasteiger partial charge is 0.366 e. The molecule has 0 atom stereocenters. The lowest BCUT2D eigenvalue weighted by Crippen LogP contribution is -2.10. The molecule has 6 nitrogen and oxygen atoms in total. The number of fused-ring (bicyclic) bond motifs is 1. The summed E-state index contributed by atoms with van der Waals surface area (Å²) in [5, 5.41) is 9.68. The van der Waals surface area contributed by atoms with E-state index in [2.05, 4.69) is 15.3 Å². The summed E-state index contributed by atoms with van der Waals surface area (Å²) in [5.41, 5.74) is 5.66. The summed E-state index contributed by atoms with van der Waals surface area (Å²) in [6, 6.07) is 2.91. The second-order valence-corrected chi connectivity index (χ2v) is 2.06. The summed E-state index contributed by atoms with van der Waals surface area (Å²) in [4.78, 5) is 10.7. The topological polar surface area (TPSA) is 89.1 Å². The maximum atomic E-state index is 10.7. The van der Waals surface area contributed by atoms with Crippen LogP contribution >= 0.6 is 0 Å². The third kappa shape index (κ3) is 0.759. The van der Waals surface area contributed by atoms with Crippen LogP contribution in [0.1, 0.15) is 0 Å². The van der Waals surface area contributed by atoms with Gasteiger partial charge < -0.3 is 5.73 Å². The number of nitrogens with two attached hydrogens (primary N) is 1. The van der Waals surface area contributed by atoms with Crippen molar-refractivity contribution in [1.29, 1.82) is 0 Å². The summed E-state index contributed by atoms with van der Waals surface area (Å²) >= 11 is 0. The van der Waals surface area contributed by atoms with Crippen molar-refractivity contribution in [1.82, 2.24) is 19.8 Å². The fraction of sp³-hybridized carbons (Fsp3) is 0. The third-order valence-corrected chi connectivity index (χ3v) is 1.32. The molecule has 2 heterocycles. The summed E-state index contributed by atoms with van der Waals surface area (Å²) in [7, 11) is 0. The first kappa shape index (κ1) is 5.90. The zero-order valence-electron chi connectivity index (χ0n) is 5.48. The molecule has 11 heavy (non-hydrogen) atoms. The van der Waals surface area contributed by atoms with E-state index in [0.717, 1.165) is 0 Å². The molecule has 0 radical (unpaired) electrons. The molecule has 2 aromatic heterocycles. The molecule has 6 heteroatoms. The molecule has 2 rings (SSSR count). The highest BCUT2D eigenvalue weighted by atomic mass is 16.1. The second-order valence-electron chi connectivity index (χ2n) is 2.06. The molecule has 0 fully saturated rings. The van der Waals surface area contributed by atoms with Crippen molar-refractivity contribution in [2.24, 2.45) is 0 Å². The second kappa shape index (κ2) is 1.82. The number of nitrogen functional groups attached to an aromatic ring is 1. The highest BCUT2D eigenvalue weighted by Gasteiger charge is 1.98. The van der Waals surface area contributed by atoms with E-state index in [1.165, 1.54) is 10.6 Å². The fourth-order valence-electron chi connectivity index (χ4n) is 0.829. The molecule has 0 spiro atoms. The van der Waals surface area contributed by atoms with Gasteiger partial charge in [-0.05, 0) is 6.07 Å². The normalized spacial score (nSPS) is 10.5. The van der Waals surface area contributed by atoms with E-state index in [0.29, 0.717) is 5.65 Å². The molecule has 0 saturated heterocycles. The number of aromatic amines is 1. The third-order valence-electron chi connectivity index (χ3n) is 1.32. The Hall–Kier alpha value is -1.85. The predicted molar refractivity (Wildman–Crippen MR) is 38.0 cm³/mol. The molecule has 0 amide bonds. The lowest BCUT2D eigenvalue weighted by atomic mass is 10.5. The summed E-state index contributed by atoms with van der Waals surface area (Å²) < 4.78 is 1.32. The first-order valence-corrected chi connectivity index (χ1v) is 2.97. The van der Waals surface area contributed by atoms with Crippen LogP contribution in [0, 0.1) is 0 Å². The molecule has 0 bridgehead atoms. The number of aromatic nitrogens is 4. The summed E-state index contributed by atoms with van der Waals surface area (Å²) in [6.45, 7) is 0. The SMILES string of the molecule is Nc1nnc2ccc(=O)[nH]n12.